The highest BCUT2D eigenvalue weighted by Gasteiger charge is 2.11. The number of thiocarbonyl (C=S) groups is 1. The van der Waals surface area contributed by atoms with Gasteiger partial charge < -0.3 is 10.1 Å². The van der Waals surface area contributed by atoms with Crippen molar-refractivity contribution in [2.45, 2.75) is 39.7 Å². The second-order valence-corrected chi connectivity index (χ2v) is 7.34. The van der Waals surface area contributed by atoms with Crippen LogP contribution in [0.5, 0.6) is 5.75 Å². The first-order valence-corrected chi connectivity index (χ1v) is 10.3. The maximum Gasteiger partial charge on any atom is 0.269 e. The van der Waals surface area contributed by atoms with Gasteiger partial charge in [0.1, 0.15) is 5.75 Å². The average Bonchev–Trinajstić information content (AvgIpc) is 2.72. The molecule has 0 atom stereocenters. The third kappa shape index (κ3) is 8.06. The van der Waals surface area contributed by atoms with Crippen LogP contribution in [0.3, 0.4) is 0 Å². The lowest BCUT2D eigenvalue weighted by atomic mass is 10.2. The zero-order valence-corrected chi connectivity index (χ0v) is 18.5. The Morgan fingerprint density at radius 1 is 0.968 bits per heavy atom. The lowest BCUT2D eigenvalue weighted by molar-refractivity contribution is -0.116. The quantitative estimate of drug-likeness (QED) is 0.388. The largest absolute Gasteiger partial charge is 0.491 e. The molecule has 0 unspecified atom stereocenters. The van der Waals surface area contributed by atoms with Crippen molar-refractivity contribution >= 4 is 40.7 Å². The zero-order chi connectivity index (χ0) is 22.8. The standard InChI is InChI=1S/C22H26N4O4S/c1-4-6-19(27)23-17-11-9-15(10-12-17)21(29)25-26-22(31)24-20(28)16-7-5-8-18(13-16)30-14(2)3/h5,7-14H,4,6H2,1-3H3,(H,23,27)(H,25,29)(H2,24,26,28,31). The molecule has 0 heterocycles. The van der Waals surface area contributed by atoms with E-state index in [-0.39, 0.29) is 17.1 Å². The molecule has 3 amide bonds. The Bertz CT molecular complexity index is 945. The summed E-state index contributed by atoms with van der Waals surface area (Å²) in [6, 6.07) is 13.1. The van der Waals surface area contributed by atoms with Crippen LogP contribution in [0.15, 0.2) is 48.5 Å². The van der Waals surface area contributed by atoms with Gasteiger partial charge in [-0.25, -0.2) is 0 Å². The van der Waals surface area contributed by atoms with Crippen LogP contribution in [-0.2, 0) is 4.79 Å². The summed E-state index contributed by atoms with van der Waals surface area (Å²) in [6.45, 7) is 5.71. The molecule has 164 valence electrons. The van der Waals surface area contributed by atoms with E-state index in [1.54, 1.807) is 48.5 Å². The predicted molar refractivity (Wildman–Crippen MR) is 123 cm³/mol. The minimum Gasteiger partial charge on any atom is -0.491 e. The van der Waals surface area contributed by atoms with E-state index in [1.807, 2.05) is 20.8 Å². The molecule has 2 rings (SSSR count). The summed E-state index contributed by atoms with van der Waals surface area (Å²) < 4.78 is 5.57. The summed E-state index contributed by atoms with van der Waals surface area (Å²) in [6.07, 6.45) is 1.17. The van der Waals surface area contributed by atoms with Crippen LogP contribution in [0.4, 0.5) is 5.69 Å². The normalized spacial score (nSPS) is 10.2. The first kappa shape index (κ1) is 23.8. The van der Waals surface area contributed by atoms with Crippen molar-refractivity contribution in [1.82, 2.24) is 16.2 Å². The third-order valence-corrected chi connectivity index (χ3v) is 4.10. The molecule has 9 heteroatoms. The van der Waals surface area contributed by atoms with Crippen LogP contribution in [0.2, 0.25) is 0 Å². The number of anilines is 1. The molecule has 0 aliphatic carbocycles. The Labute approximate surface area is 186 Å². The Morgan fingerprint density at radius 3 is 2.32 bits per heavy atom. The average molecular weight is 443 g/mol. The van der Waals surface area contributed by atoms with Crippen molar-refractivity contribution in [3.63, 3.8) is 0 Å². The van der Waals surface area contributed by atoms with Crippen LogP contribution < -0.4 is 26.2 Å². The van der Waals surface area contributed by atoms with Gasteiger partial charge in [-0.2, -0.15) is 0 Å². The van der Waals surface area contributed by atoms with E-state index in [0.717, 1.165) is 6.42 Å². The van der Waals surface area contributed by atoms with Crippen LogP contribution >= 0.6 is 12.2 Å². The number of hydrazine groups is 1. The van der Waals surface area contributed by atoms with Gasteiger partial charge in [0, 0.05) is 23.2 Å². The van der Waals surface area contributed by atoms with Crippen LogP contribution in [0, 0.1) is 0 Å². The molecular formula is C22H26N4O4S. The molecular weight excluding hydrogens is 416 g/mol. The number of ether oxygens (including phenoxy) is 1. The minimum atomic E-state index is -0.449. The first-order chi connectivity index (χ1) is 14.8. The highest BCUT2D eigenvalue weighted by molar-refractivity contribution is 7.80. The number of carbonyl (C=O) groups excluding carboxylic acids is 3. The molecule has 0 aliphatic heterocycles. The molecule has 0 aliphatic rings. The summed E-state index contributed by atoms with van der Waals surface area (Å²) in [5, 5.41) is 5.18. The molecule has 0 bridgehead atoms. The summed E-state index contributed by atoms with van der Waals surface area (Å²) in [4.78, 5) is 36.2. The lowest BCUT2D eigenvalue weighted by Gasteiger charge is -2.13. The molecule has 0 aromatic heterocycles. The smallest absolute Gasteiger partial charge is 0.269 e. The fraction of sp³-hybridized carbons (Fsp3) is 0.273. The summed E-state index contributed by atoms with van der Waals surface area (Å²) in [5.74, 6) is -0.392. The highest BCUT2D eigenvalue weighted by Crippen LogP contribution is 2.15. The molecule has 8 nitrogen and oxygen atoms in total. The predicted octanol–water partition coefficient (Wildman–Crippen LogP) is 3.16. The van der Waals surface area contributed by atoms with E-state index < -0.39 is 11.8 Å². The van der Waals surface area contributed by atoms with Gasteiger partial charge in [0.05, 0.1) is 6.10 Å². The molecule has 2 aromatic carbocycles. The SMILES string of the molecule is CCCC(=O)Nc1ccc(C(=O)NNC(=S)NC(=O)c2cccc(OC(C)C)c2)cc1. The van der Waals surface area contributed by atoms with Gasteiger partial charge in [0.25, 0.3) is 11.8 Å². The van der Waals surface area contributed by atoms with Crippen molar-refractivity contribution in [2.24, 2.45) is 0 Å². The lowest BCUT2D eigenvalue weighted by Crippen LogP contribution is -2.48. The highest BCUT2D eigenvalue weighted by atomic mass is 32.1. The maximum atomic E-state index is 12.3. The Kier molecular flexibility index (Phi) is 8.95. The van der Waals surface area contributed by atoms with E-state index >= 15 is 0 Å². The van der Waals surface area contributed by atoms with Crippen molar-refractivity contribution < 1.29 is 19.1 Å². The van der Waals surface area contributed by atoms with Crippen LogP contribution in [0.1, 0.15) is 54.3 Å². The fourth-order valence-electron chi connectivity index (χ4n) is 2.53. The maximum absolute atomic E-state index is 12.3. The molecule has 0 saturated carbocycles. The molecule has 0 radical (unpaired) electrons. The summed E-state index contributed by atoms with van der Waals surface area (Å²) in [5.41, 5.74) is 6.24. The number of nitrogens with one attached hydrogen (secondary N) is 4. The van der Waals surface area contributed by atoms with Crippen LogP contribution in [-0.4, -0.2) is 28.9 Å². The number of benzene rings is 2. The summed E-state index contributed by atoms with van der Waals surface area (Å²) in [7, 11) is 0. The van der Waals surface area contributed by atoms with E-state index in [4.69, 9.17) is 17.0 Å². The third-order valence-electron chi connectivity index (χ3n) is 3.89. The van der Waals surface area contributed by atoms with Gasteiger partial charge in [0.15, 0.2) is 5.11 Å². The van der Waals surface area contributed by atoms with Crippen molar-refractivity contribution in [2.75, 3.05) is 5.32 Å². The van der Waals surface area contributed by atoms with Gasteiger partial charge in [-0.1, -0.05) is 13.0 Å². The molecule has 0 spiro atoms. The van der Waals surface area contributed by atoms with Crippen molar-refractivity contribution in [3.8, 4) is 5.75 Å². The number of amides is 3. The fourth-order valence-corrected chi connectivity index (χ4v) is 2.67. The second-order valence-electron chi connectivity index (χ2n) is 6.93. The molecule has 0 fully saturated rings. The molecule has 2 aromatic rings. The van der Waals surface area contributed by atoms with Crippen molar-refractivity contribution in [1.29, 1.82) is 0 Å². The molecule has 31 heavy (non-hydrogen) atoms. The van der Waals surface area contributed by atoms with Gasteiger partial charge in [-0.3, -0.25) is 30.6 Å². The van der Waals surface area contributed by atoms with Gasteiger partial charge >= 0.3 is 0 Å². The molecule has 4 N–H and O–H groups in total. The zero-order valence-electron chi connectivity index (χ0n) is 17.7. The first-order valence-electron chi connectivity index (χ1n) is 9.86. The Balaban J connectivity index is 1.84. The van der Waals surface area contributed by atoms with E-state index in [9.17, 15) is 14.4 Å². The number of hydrogen-bond acceptors (Lipinski definition) is 5. The van der Waals surface area contributed by atoms with Crippen LogP contribution in [0.25, 0.3) is 0 Å². The monoisotopic (exact) mass is 442 g/mol. The topological polar surface area (TPSA) is 109 Å². The van der Waals surface area contributed by atoms with E-state index in [2.05, 4.69) is 21.5 Å². The van der Waals surface area contributed by atoms with E-state index in [0.29, 0.717) is 29.0 Å². The molecule has 0 saturated heterocycles. The summed E-state index contributed by atoms with van der Waals surface area (Å²) >= 11 is 5.06. The Hall–Kier alpha value is -3.46. The van der Waals surface area contributed by atoms with Crippen molar-refractivity contribution in [3.05, 3.63) is 59.7 Å². The van der Waals surface area contributed by atoms with E-state index in [1.165, 1.54) is 0 Å². The van der Waals surface area contributed by atoms with Gasteiger partial charge in [-0.15, -0.1) is 0 Å². The second kappa shape index (κ2) is 11.7. The number of carbonyl (C=O) groups is 3. The Morgan fingerprint density at radius 2 is 1.68 bits per heavy atom. The van der Waals surface area contributed by atoms with Gasteiger partial charge in [0.2, 0.25) is 5.91 Å². The van der Waals surface area contributed by atoms with Gasteiger partial charge in [-0.05, 0) is 75.0 Å². The number of hydrogen-bond donors (Lipinski definition) is 4. The minimum absolute atomic E-state index is 0.0158. The number of rotatable bonds is 7.